The van der Waals surface area contributed by atoms with Crippen molar-refractivity contribution >= 4 is 27.7 Å². The number of aliphatic hydroxyl groups is 1. The standard InChI is InChI=1S/C27H34BrN5O3/c1-26(2,3)23(33-14-20(30-31-33)15-4-5-15)25(36)32-13-18(34)11-21(32)24(35)29-22-12-27(22)9-8-16-10-17(28)6-7-19(16)27/h6-7,10,14-15,18,21-23,34H,4-5,8-9,11-13H2,1-3H3,(H,29,35). The van der Waals surface area contributed by atoms with E-state index in [0.717, 1.165) is 42.3 Å². The Balaban J connectivity index is 1.20. The monoisotopic (exact) mass is 555 g/mol. The van der Waals surface area contributed by atoms with Crippen LogP contribution in [-0.2, 0) is 21.4 Å². The maximum absolute atomic E-state index is 13.9. The van der Waals surface area contributed by atoms with Gasteiger partial charge in [0.2, 0.25) is 11.8 Å². The Kier molecular flexibility index (Phi) is 5.61. The van der Waals surface area contributed by atoms with Gasteiger partial charge in [-0.15, -0.1) is 5.10 Å². The summed E-state index contributed by atoms with van der Waals surface area (Å²) in [5.41, 5.74) is 3.17. The first-order chi connectivity index (χ1) is 17.1. The van der Waals surface area contributed by atoms with Gasteiger partial charge in [-0.05, 0) is 60.8 Å². The maximum Gasteiger partial charge on any atom is 0.248 e. The molecule has 3 fully saturated rings. The Hall–Kier alpha value is -2.26. The number of halogens is 1. The molecule has 2 saturated carbocycles. The molecule has 1 aromatic heterocycles. The summed E-state index contributed by atoms with van der Waals surface area (Å²) < 4.78 is 2.75. The minimum absolute atomic E-state index is 0.00559. The second-order valence-electron chi connectivity index (χ2n) is 12.3. The van der Waals surface area contributed by atoms with Crippen LogP contribution < -0.4 is 5.32 Å². The Labute approximate surface area is 219 Å². The van der Waals surface area contributed by atoms with Crippen molar-refractivity contribution in [2.45, 2.75) is 94.9 Å². The predicted molar refractivity (Wildman–Crippen MR) is 137 cm³/mol. The minimum Gasteiger partial charge on any atom is -0.391 e. The Morgan fingerprint density at radius 2 is 2.06 bits per heavy atom. The summed E-state index contributed by atoms with van der Waals surface area (Å²) in [6.45, 7) is 6.15. The van der Waals surface area contributed by atoms with Crippen LogP contribution in [-0.4, -0.2) is 61.5 Å². The predicted octanol–water partition coefficient (Wildman–Crippen LogP) is 3.24. The van der Waals surface area contributed by atoms with Gasteiger partial charge in [-0.3, -0.25) is 9.59 Å². The number of benzene rings is 1. The first-order valence-corrected chi connectivity index (χ1v) is 13.9. The molecule has 1 spiro atoms. The van der Waals surface area contributed by atoms with Crippen LogP contribution in [0.2, 0.25) is 0 Å². The normalized spacial score (nSPS) is 29.9. The van der Waals surface area contributed by atoms with E-state index in [2.05, 4.69) is 49.8 Å². The highest BCUT2D eigenvalue weighted by Gasteiger charge is 2.59. The molecule has 1 saturated heterocycles. The van der Waals surface area contributed by atoms with Crippen molar-refractivity contribution in [3.8, 4) is 0 Å². The van der Waals surface area contributed by atoms with Crippen molar-refractivity contribution in [1.82, 2.24) is 25.2 Å². The van der Waals surface area contributed by atoms with Crippen molar-refractivity contribution in [1.29, 1.82) is 0 Å². The van der Waals surface area contributed by atoms with Crippen LogP contribution >= 0.6 is 15.9 Å². The Morgan fingerprint density at radius 3 is 2.78 bits per heavy atom. The van der Waals surface area contributed by atoms with Gasteiger partial charge in [-0.2, -0.15) is 0 Å². The molecule has 1 aromatic carbocycles. The fourth-order valence-electron chi connectivity index (χ4n) is 6.41. The summed E-state index contributed by atoms with van der Waals surface area (Å²) in [4.78, 5) is 29.0. The van der Waals surface area contributed by atoms with Gasteiger partial charge in [-0.25, -0.2) is 4.68 Å². The number of nitrogens with one attached hydrogen (secondary N) is 1. The number of hydrogen-bond acceptors (Lipinski definition) is 5. The third-order valence-corrected chi connectivity index (χ3v) is 9.04. The van der Waals surface area contributed by atoms with Gasteiger partial charge in [0.05, 0.1) is 11.8 Å². The van der Waals surface area contributed by atoms with Crippen LogP contribution in [0.25, 0.3) is 0 Å². The molecule has 36 heavy (non-hydrogen) atoms. The molecule has 2 amide bonds. The lowest BCUT2D eigenvalue weighted by molar-refractivity contribution is -0.144. The summed E-state index contributed by atoms with van der Waals surface area (Å²) in [7, 11) is 0. The molecule has 3 aliphatic carbocycles. The highest BCUT2D eigenvalue weighted by molar-refractivity contribution is 9.10. The minimum atomic E-state index is -0.721. The summed E-state index contributed by atoms with van der Waals surface area (Å²) in [5, 5.41) is 22.4. The molecule has 4 aliphatic rings. The average molecular weight is 557 g/mol. The van der Waals surface area contributed by atoms with E-state index in [1.165, 1.54) is 11.1 Å². The van der Waals surface area contributed by atoms with E-state index in [9.17, 15) is 14.7 Å². The number of carbonyl (C=O) groups excluding carboxylic acids is 2. The van der Waals surface area contributed by atoms with Gasteiger partial charge in [0.15, 0.2) is 0 Å². The fourth-order valence-corrected chi connectivity index (χ4v) is 6.82. The topological polar surface area (TPSA) is 100 Å². The molecular weight excluding hydrogens is 522 g/mol. The smallest absolute Gasteiger partial charge is 0.248 e. The van der Waals surface area contributed by atoms with Gasteiger partial charge in [0.1, 0.15) is 12.1 Å². The van der Waals surface area contributed by atoms with E-state index in [4.69, 9.17) is 0 Å². The third-order valence-electron chi connectivity index (χ3n) is 8.54. The van der Waals surface area contributed by atoms with Crippen LogP contribution in [0.4, 0.5) is 0 Å². The molecule has 1 aliphatic heterocycles. The number of hydrogen-bond donors (Lipinski definition) is 2. The Morgan fingerprint density at radius 1 is 1.28 bits per heavy atom. The maximum atomic E-state index is 13.9. The quantitative estimate of drug-likeness (QED) is 0.589. The second kappa shape index (κ2) is 8.38. The SMILES string of the molecule is CC(C)(C)C(C(=O)N1CC(O)CC1C(=O)NC1CC12CCc1cc(Br)ccc12)n1cc(C2CC2)nn1. The van der Waals surface area contributed by atoms with E-state index in [1.54, 1.807) is 9.58 Å². The van der Waals surface area contributed by atoms with Crippen molar-refractivity contribution in [3.05, 3.63) is 45.7 Å². The van der Waals surface area contributed by atoms with Gasteiger partial charge < -0.3 is 15.3 Å². The lowest BCUT2D eigenvalue weighted by Crippen LogP contribution is -2.51. The first-order valence-electron chi connectivity index (χ1n) is 13.1. The molecule has 2 heterocycles. The number of nitrogens with zero attached hydrogens (tertiary/aromatic N) is 4. The third kappa shape index (κ3) is 4.08. The zero-order chi connectivity index (χ0) is 25.4. The van der Waals surface area contributed by atoms with Crippen molar-refractivity contribution < 1.29 is 14.7 Å². The Bertz CT molecular complexity index is 1220. The highest BCUT2D eigenvalue weighted by atomic mass is 79.9. The van der Waals surface area contributed by atoms with E-state index < -0.39 is 23.6 Å². The molecule has 6 rings (SSSR count). The van der Waals surface area contributed by atoms with Crippen LogP contribution in [0.5, 0.6) is 0 Å². The molecule has 8 nitrogen and oxygen atoms in total. The number of aliphatic hydroxyl groups excluding tert-OH is 1. The largest absolute Gasteiger partial charge is 0.391 e. The highest BCUT2D eigenvalue weighted by Crippen LogP contribution is 2.57. The zero-order valence-corrected chi connectivity index (χ0v) is 22.7. The number of aromatic nitrogens is 3. The second-order valence-corrected chi connectivity index (χ2v) is 13.2. The van der Waals surface area contributed by atoms with Crippen LogP contribution in [0.1, 0.15) is 81.7 Å². The van der Waals surface area contributed by atoms with Crippen LogP contribution in [0.3, 0.4) is 0 Å². The van der Waals surface area contributed by atoms with Gasteiger partial charge in [0.25, 0.3) is 0 Å². The molecule has 0 bridgehead atoms. The van der Waals surface area contributed by atoms with Crippen molar-refractivity contribution in [2.24, 2.45) is 5.41 Å². The van der Waals surface area contributed by atoms with E-state index in [1.807, 2.05) is 27.0 Å². The zero-order valence-electron chi connectivity index (χ0n) is 21.1. The molecule has 0 radical (unpaired) electrons. The molecule has 9 heteroatoms. The molecular formula is C27H34BrN5O3. The van der Waals surface area contributed by atoms with Crippen LogP contribution in [0, 0.1) is 5.41 Å². The van der Waals surface area contributed by atoms with Gasteiger partial charge >= 0.3 is 0 Å². The molecule has 2 aromatic rings. The molecule has 2 N–H and O–H groups in total. The number of likely N-dealkylation sites (tertiary alicyclic amines) is 1. The fraction of sp³-hybridized carbons (Fsp3) is 0.630. The number of aryl methyl sites for hydroxylation is 1. The van der Waals surface area contributed by atoms with Crippen molar-refractivity contribution in [2.75, 3.05) is 6.54 Å². The lowest BCUT2D eigenvalue weighted by Gasteiger charge is -2.34. The average Bonchev–Trinajstić information content (AvgIpc) is 3.61. The van der Waals surface area contributed by atoms with E-state index in [-0.39, 0.29) is 36.2 Å². The molecule has 5 unspecified atom stereocenters. The van der Waals surface area contributed by atoms with E-state index in [0.29, 0.717) is 5.92 Å². The lowest BCUT2D eigenvalue weighted by atomic mass is 9.85. The number of carbonyl (C=O) groups is 2. The summed E-state index contributed by atoms with van der Waals surface area (Å²) in [5.74, 6) is 0.0829. The summed E-state index contributed by atoms with van der Waals surface area (Å²) in [6.07, 6.45) is 6.60. The van der Waals surface area contributed by atoms with Gasteiger partial charge in [-0.1, -0.05) is 48.0 Å². The number of rotatable bonds is 5. The molecule has 192 valence electrons. The summed E-state index contributed by atoms with van der Waals surface area (Å²) >= 11 is 3.56. The van der Waals surface area contributed by atoms with Crippen molar-refractivity contribution in [3.63, 3.8) is 0 Å². The number of fused-ring (bicyclic) bond motifs is 2. The van der Waals surface area contributed by atoms with Crippen LogP contribution in [0.15, 0.2) is 28.9 Å². The van der Waals surface area contributed by atoms with E-state index >= 15 is 0 Å². The molecule has 5 atom stereocenters. The van der Waals surface area contributed by atoms with Gasteiger partial charge in [0, 0.05) is 41.0 Å². The number of β-amino-alcohol motifs (C(OH)–C–C–N with tert-alkyl or cyclic N) is 1. The first kappa shape index (κ1) is 24.1. The summed E-state index contributed by atoms with van der Waals surface area (Å²) in [6, 6.07) is 5.20. The number of amides is 2.